The zero-order chi connectivity index (χ0) is 73.4. The molecule has 0 aliphatic rings. The number of aromatic nitrogens is 10. The molecule has 8 aromatic heterocycles. The zero-order valence-electron chi connectivity index (χ0n) is 60.2. The first-order chi connectivity index (χ1) is 54.1. The summed E-state index contributed by atoms with van der Waals surface area (Å²) in [6, 6.07) is 111. The van der Waals surface area contributed by atoms with E-state index in [1.807, 2.05) is 122 Å². The van der Waals surface area contributed by atoms with Crippen molar-refractivity contribution in [2.75, 3.05) is 0 Å². The number of benzene rings is 13. The molecule has 0 saturated carbocycles. The van der Waals surface area contributed by atoms with Gasteiger partial charge in [-0.05, 0) is 129 Å². The maximum absolute atomic E-state index is 6.26. The molecular formula is C98H66N10O2. The number of para-hydroxylation sites is 4. The third kappa shape index (κ3) is 11.7. The molecule has 520 valence electrons. The van der Waals surface area contributed by atoms with Crippen LogP contribution in [0.4, 0.5) is 0 Å². The summed E-state index contributed by atoms with van der Waals surface area (Å²) in [7, 11) is 0. The lowest BCUT2D eigenvalue weighted by Crippen LogP contribution is -2.10. The van der Waals surface area contributed by atoms with Gasteiger partial charge in [0.15, 0.2) is 34.9 Å². The second-order valence-electron chi connectivity index (χ2n) is 28.7. The van der Waals surface area contributed by atoms with Gasteiger partial charge < -0.3 is 18.0 Å². The molecule has 12 heteroatoms. The Morgan fingerprint density at radius 2 is 0.545 bits per heavy atom. The quantitative estimate of drug-likeness (QED) is 0.123. The van der Waals surface area contributed by atoms with Gasteiger partial charge in [-0.3, -0.25) is 9.97 Å². The Morgan fingerprint density at radius 1 is 0.236 bits per heavy atom. The normalized spacial score (nSPS) is 11.8. The van der Waals surface area contributed by atoms with Gasteiger partial charge in [-0.25, -0.2) is 29.9 Å². The van der Waals surface area contributed by atoms with Crippen molar-refractivity contribution in [3.8, 4) is 113 Å². The first-order valence-corrected chi connectivity index (χ1v) is 36.8. The van der Waals surface area contributed by atoms with Crippen molar-refractivity contribution < 1.29 is 8.83 Å². The van der Waals surface area contributed by atoms with Crippen molar-refractivity contribution in [1.82, 2.24) is 49.0 Å². The molecule has 0 bridgehead atoms. The van der Waals surface area contributed by atoms with Crippen LogP contribution in [0.3, 0.4) is 0 Å². The van der Waals surface area contributed by atoms with Gasteiger partial charge in [-0.2, -0.15) is 0 Å². The van der Waals surface area contributed by atoms with Crippen LogP contribution in [-0.2, 0) is 5.41 Å². The average molecular weight is 1420 g/mol. The number of nitrogens with zero attached hydrogens (tertiary/aromatic N) is 10. The van der Waals surface area contributed by atoms with Crippen LogP contribution in [0.15, 0.2) is 355 Å². The van der Waals surface area contributed by atoms with Gasteiger partial charge in [0, 0.05) is 88.9 Å². The summed E-state index contributed by atoms with van der Waals surface area (Å²) in [6.45, 7) is 6.66. The largest absolute Gasteiger partial charge is 0.456 e. The molecule has 0 fully saturated rings. The number of hydrogen-bond donors (Lipinski definition) is 0. The number of rotatable bonds is 11. The van der Waals surface area contributed by atoms with Crippen molar-refractivity contribution in [3.05, 3.63) is 352 Å². The van der Waals surface area contributed by atoms with Gasteiger partial charge >= 0.3 is 0 Å². The minimum atomic E-state index is 0.0368. The van der Waals surface area contributed by atoms with E-state index < -0.39 is 0 Å². The summed E-state index contributed by atoms with van der Waals surface area (Å²) < 4.78 is 17.1. The summed E-state index contributed by atoms with van der Waals surface area (Å²) in [5.41, 5.74) is 23.0. The van der Waals surface area contributed by atoms with Gasteiger partial charge in [0.1, 0.15) is 22.3 Å². The Kier molecular flexibility index (Phi) is 15.8. The monoisotopic (exact) mass is 1410 g/mol. The summed E-state index contributed by atoms with van der Waals surface area (Å²) in [4.78, 5) is 39.8. The van der Waals surface area contributed by atoms with Crippen LogP contribution in [-0.4, -0.2) is 49.0 Å². The molecule has 12 nitrogen and oxygen atoms in total. The molecule has 0 unspecified atom stereocenters. The van der Waals surface area contributed by atoms with Crippen LogP contribution in [0.5, 0.6) is 0 Å². The molecule has 13 aromatic carbocycles. The van der Waals surface area contributed by atoms with E-state index in [0.29, 0.717) is 34.9 Å². The summed E-state index contributed by atoms with van der Waals surface area (Å²) in [5, 5.41) is 9.06. The van der Waals surface area contributed by atoms with E-state index in [-0.39, 0.29) is 5.41 Å². The standard InChI is InChI=1S/C50H31N5O.C48H35N5O/c1-3-11-32(12-4-1)33-19-21-35(22-20-33)49-52-48(34-13-5-2-6-14-34)53-50(54-49)41-27-28-51-31-45(41)55-43-17-9-7-15-38(43)42-29-36(24-26-44(42)55)37-23-25-40-39-16-8-10-18-46(39)56-47(40)30-37;1-48(2,3)34-21-17-31(18-22-34)46-50-45(30-11-5-4-6-12-30)51-47(52-46)38-25-26-49-29-42(38)53-40-15-9-7-13-35(40)39-27-32(20-24-41(39)53)33-19-23-37-36-14-8-10-16-43(36)54-44(37)28-33/h1-31H;4-29H,1-3H3. The summed E-state index contributed by atoms with van der Waals surface area (Å²) >= 11 is 0. The lowest BCUT2D eigenvalue weighted by molar-refractivity contribution is 0.590. The van der Waals surface area contributed by atoms with E-state index in [9.17, 15) is 0 Å². The molecule has 0 saturated heterocycles. The summed E-state index contributed by atoms with van der Waals surface area (Å²) in [6.07, 6.45) is 7.43. The Labute approximate surface area is 632 Å². The molecule has 0 atom stereocenters. The predicted molar refractivity (Wildman–Crippen MR) is 446 cm³/mol. The molecule has 0 spiro atoms. The van der Waals surface area contributed by atoms with Gasteiger partial charge in [-0.1, -0.05) is 257 Å². The maximum Gasteiger partial charge on any atom is 0.166 e. The van der Waals surface area contributed by atoms with Crippen molar-refractivity contribution in [1.29, 1.82) is 0 Å². The highest BCUT2D eigenvalue weighted by molar-refractivity contribution is 6.13. The fourth-order valence-corrected chi connectivity index (χ4v) is 15.4. The Balaban J connectivity index is 0.000000144. The van der Waals surface area contributed by atoms with E-state index in [0.717, 1.165) is 166 Å². The van der Waals surface area contributed by atoms with Gasteiger partial charge in [0.25, 0.3) is 0 Å². The Bertz CT molecular complexity index is 7120. The highest BCUT2D eigenvalue weighted by Crippen LogP contribution is 2.43. The van der Waals surface area contributed by atoms with Crippen LogP contribution in [0.25, 0.3) is 201 Å². The fraction of sp³-hybridized carbons (Fsp3) is 0.0408. The highest BCUT2D eigenvalue weighted by Gasteiger charge is 2.24. The second-order valence-corrected chi connectivity index (χ2v) is 28.7. The van der Waals surface area contributed by atoms with Crippen molar-refractivity contribution in [2.45, 2.75) is 26.2 Å². The molecule has 8 heterocycles. The minimum absolute atomic E-state index is 0.0368. The van der Waals surface area contributed by atoms with Crippen molar-refractivity contribution in [3.63, 3.8) is 0 Å². The molecule has 110 heavy (non-hydrogen) atoms. The van der Waals surface area contributed by atoms with Crippen LogP contribution in [0.2, 0.25) is 0 Å². The number of fused-ring (bicyclic) bond motifs is 12. The Morgan fingerprint density at radius 3 is 0.982 bits per heavy atom. The van der Waals surface area contributed by atoms with Gasteiger partial charge in [-0.15, -0.1) is 0 Å². The molecule has 0 amide bonds. The Hall–Kier alpha value is -14.6. The van der Waals surface area contributed by atoms with Gasteiger partial charge in [0.2, 0.25) is 0 Å². The zero-order valence-corrected chi connectivity index (χ0v) is 60.2. The smallest absolute Gasteiger partial charge is 0.166 e. The predicted octanol–water partition coefficient (Wildman–Crippen LogP) is 24.8. The van der Waals surface area contributed by atoms with Crippen molar-refractivity contribution >= 4 is 87.5 Å². The summed E-state index contributed by atoms with van der Waals surface area (Å²) in [5.74, 6) is 3.60. The maximum atomic E-state index is 6.26. The van der Waals surface area contributed by atoms with Crippen LogP contribution in [0, 0.1) is 0 Å². The van der Waals surface area contributed by atoms with Crippen LogP contribution < -0.4 is 0 Å². The molecule has 0 N–H and O–H groups in total. The molecule has 21 rings (SSSR count). The van der Waals surface area contributed by atoms with E-state index >= 15 is 0 Å². The third-order valence-corrected chi connectivity index (χ3v) is 20.9. The number of hydrogen-bond acceptors (Lipinski definition) is 10. The average Bonchev–Trinajstić information content (AvgIpc) is 1.57. The van der Waals surface area contributed by atoms with Crippen molar-refractivity contribution in [2.24, 2.45) is 0 Å². The number of furan rings is 2. The third-order valence-electron chi connectivity index (χ3n) is 20.9. The first kappa shape index (κ1) is 64.9. The lowest BCUT2D eigenvalue weighted by Gasteiger charge is -2.19. The van der Waals surface area contributed by atoms with Crippen LogP contribution >= 0.6 is 0 Å². The topological polar surface area (TPSA) is 139 Å². The SMILES string of the molecule is CC(C)(C)c1ccc(-c2nc(-c3ccccc3)nc(-c3ccncc3-n3c4ccccc4c4cc(-c5ccc6c(c5)oc5ccccc56)ccc43)n2)cc1.c1ccc(-c2ccc(-c3nc(-c4ccccc4)nc(-c4ccncc4-n4c5ccccc5c5cc(-c6ccc7c(c6)oc6ccccc67)ccc54)n3)cc2)cc1. The molecule has 0 aliphatic heterocycles. The number of pyridine rings is 2. The molecular weight excluding hydrogens is 1350 g/mol. The van der Waals surface area contributed by atoms with Gasteiger partial charge in [0.05, 0.1) is 45.8 Å². The van der Waals surface area contributed by atoms with E-state index in [2.05, 4.69) is 258 Å². The highest BCUT2D eigenvalue weighted by atomic mass is 16.3. The van der Waals surface area contributed by atoms with E-state index in [1.165, 1.54) is 5.56 Å². The minimum Gasteiger partial charge on any atom is -0.456 e. The van der Waals surface area contributed by atoms with E-state index in [1.54, 1.807) is 6.20 Å². The lowest BCUT2D eigenvalue weighted by atomic mass is 9.87. The molecule has 0 aliphatic carbocycles. The van der Waals surface area contributed by atoms with E-state index in [4.69, 9.17) is 38.7 Å². The molecule has 0 radical (unpaired) electrons. The first-order valence-electron chi connectivity index (χ1n) is 36.8. The fourth-order valence-electron chi connectivity index (χ4n) is 15.4. The molecule has 21 aromatic rings. The second kappa shape index (κ2) is 26.8. The van der Waals surface area contributed by atoms with Crippen LogP contribution in [0.1, 0.15) is 26.3 Å².